The van der Waals surface area contributed by atoms with E-state index in [-0.39, 0.29) is 12.4 Å². The Morgan fingerprint density at radius 3 is 3.11 bits per heavy atom. The molecule has 0 aliphatic carbocycles. The van der Waals surface area contributed by atoms with Crippen LogP contribution in [0.3, 0.4) is 0 Å². The van der Waals surface area contributed by atoms with Gasteiger partial charge < -0.3 is 14.5 Å². The van der Waals surface area contributed by atoms with Crippen molar-refractivity contribution in [1.82, 2.24) is 15.2 Å². The largest absolute Gasteiger partial charge is 0.472 e. The smallest absolute Gasteiger partial charge is 0.389 e. The molecule has 0 saturated carbocycles. The maximum atomic E-state index is 11.4. The Morgan fingerprint density at radius 2 is 2.47 bits per heavy atom. The molecule has 0 radical (unpaired) electrons. The number of carbonyl (C=O) groups is 1. The summed E-state index contributed by atoms with van der Waals surface area (Å²) in [6.07, 6.45) is 5.70. The molecule has 9 heteroatoms. The fourth-order valence-corrected chi connectivity index (χ4v) is 1.25. The third-order valence-electron chi connectivity index (χ3n) is 2.07. The number of hydrogen-bond acceptors (Lipinski definition) is 6. The van der Waals surface area contributed by atoms with Crippen LogP contribution >= 0.6 is 0 Å². The lowest BCUT2D eigenvalue weighted by atomic mass is 10.4. The van der Waals surface area contributed by atoms with Crippen molar-refractivity contribution in [3.05, 3.63) is 46.5 Å². The van der Waals surface area contributed by atoms with Crippen molar-refractivity contribution in [1.29, 1.82) is 0 Å². The first-order chi connectivity index (χ1) is 9.15. The van der Waals surface area contributed by atoms with Gasteiger partial charge in [0.1, 0.15) is 6.54 Å². The van der Waals surface area contributed by atoms with E-state index in [4.69, 9.17) is 4.42 Å². The summed E-state index contributed by atoms with van der Waals surface area (Å²) in [4.78, 5) is 21.2. The van der Waals surface area contributed by atoms with Gasteiger partial charge in [0.15, 0.2) is 0 Å². The van der Waals surface area contributed by atoms with Crippen molar-refractivity contribution in [2.75, 3.05) is 0 Å². The van der Waals surface area contributed by atoms with Gasteiger partial charge in [-0.1, -0.05) is 0 Å². The van der Waals surface area contributed by atoms with Crippen LogP contribution < -0.4 is 5.43 Å². The number of aromatic nitrogens is 2. The van der Waals surface area contributed by atoms with Crippen LogP contribution in [0.5, 0.6) is 0 Å². The van der Waals surface area contributed by atoms with Gasteiger partial charge in [-0.2, -0.15) is 9.78 Å². The second-order valence-corrected chi connectivity index (χ2v) is 3.48. The van der Waals surface area contributed by atoms with E-state index in [0.29, 0.717) is 5.56 Å². The average Bonchev–Trinajstić information content (AvgIpc) is 3.00. The molecule has 0 spiro atoms. The zero-order valence-corrected chi connectivity index (χ0v) is 9.59. The summed E-state index contributed by atoms with van der Waals surface area (Å²) in [5.74, 6) is -0.757. The van der Waals surface area contributed by atoms with Crippen LogP contribution in [0.2, 0.25) is 0 Å². The topological polar surface area (TPSA) is 116 Å². The van der Waals surface area contributed by atoms with Crippen LogP contribution in [-0.4, -0.2) is 26.8 Å². The molecule has 0 aromatic carbocycles. The van der Waals surface area contributed by atoms with E-state index in [2.05, 4.69) is 15.6 Å². The van der Waals surface area contributed by atoms with Gasteiger partial charge in [-0.05, 0) is 11.0 Å². The SMILES string of the molecule is O=C(Cn1ccc([N+](=O)[O-])n1)NN=Cc1ccoc1. The van der Waals surface area contributed by atoms with Gasteiger partial charge >= 0.3 is 5.82 Å². The standard InChI is InChI=1S/C10H9N5O4/c16-10(12-11-5-8-2-4-19-7-8)6-14-3-1-9(13-14)15(17)18/h1-5,7H,6H2,(H,12,16). The number of amides is 1. The lowest BCUT2D eigenvalue weighted by molar-refractivity contribution is -0.389. The molecule has 1 amide bonds. The van der Waals surface area contributed by atoms with Crippen molar-refractivity contribution >= 4 is 17.9 Å². The number of furan rings is 1. The van der Waals surface area contributed by atoms with E-state index < -0.39 is 10.8 Å². The van der Waals surface area contributed by atoms with E-state index in [1.807, 2.05) is 0 Å². The minimum absolute atomic E-state index is 0.156. The lowest BCUT2D eigenvalue weighted by Gasteiger charge is -1.96. The Bertz CT molecular complexity index is 601. The number of hydrazone groups is 1. The van der Waals surface area contributed by atoms with Crippen LogP contribution in [-0.2, 0) is 11.3 Å². The zero-order chi connectivity index (χ0) is 13.7. The summed E-state index contributed by atoms with van der Waals surface area (Å²) in [5, 5.41) is 17.7. The van der Waals surface area contributed by atoms with Crippen LogP contribution in [0.1, 0.15) is 5.56 Å². The molecular weight excluding hydrogens is 254 g/mol. The van der Waals surface area contributed by atoms with E-state index in [1.165, 1.54) is 31.0 Å². The molecule has 9 nitrogen and oxygen atoms in total. The number of carbonyl (C=O) groups excluding carboxylic acids is 1. The Hall–Kier alpha value is -2.97. The highest BCUT2D eigenvalue weighted by atomic mass is 16.6. The molecule has 2 heterocycles. The molecular formula is C10H9N5O4. The number of hydrogen-bond donors (Lipinski definition) is 1. The summed E-state index contributed by atoms with van der Waals surface area (Å²) in [7, 11) is 0. The monoisotopic (exact) mass is 263 g/mol. The molecule has 2 aromatic heterocycles. The summed E-state index contributed by atoms with van der Waals surface area (Å²) in [6, 6.07) is 2.88. The summed E-state index contributed by atoms with van der Waals surface area (Å²) in [6.45, 7) is -0.156. The molecule has 0 atom stereocenters. The molecule has 0 aliphatic rings. The van der Waals surface area contributed by atoms with Crippen LogP contribution in [0.15, 0.2) is 40.4 Å². The molecule has 19 heavy (non-hydrogen) atoms. The zero-order valence-electron chi connectivity index (χ0n) is 9.59. The van der Waals surface area contributed by atoms with Crippen molar-refractivity contribution in [3.63, 3.8) is 0 Å². The average molecular weight is 263 g/mol. The molecule has 0 unspecified atom stereocenters. The predicted octanol–water partition coefficient (Wildman–Crippen LogP) is 0.535. The van der Waals surface area contributed by atoms with Crippen molar-refractivity contribution in [2.45, 2.75) is 6.54 Å². The van der Waals surface area contributed by atoms with Gasteiger partial charge in [0, 0.05) is 5.56 Å². The summed E-state index contributed by atoms with van der Waals surface area (Å²) in [5.41, 5.74) is 2.97. The van der Waals surface area contributed by atoms with Crippen LogP contribution in [0.4, 0.5) is 5.82 Å². The second-order valence-electron chi connectivity index (χ2n) is 3.48. The van der Waals surface area contributed by atoms with Gasteiger partial charge in [-0.25, -0.2) is 5.43 Å². The molecule has 98 valence electrons. The lowest BCUT2D eigenvalue weighted by Crippen LogP contribution is -2.23. The quantitative estimate of drug-likeness (QED) is 0.480. The fourth-order valence-electron chi connectivity index (χ4n) is 1.25. The van der Waals surface area contributed by atoms with Gasteiger partial charge in [0.2, 0.25) is 0 Å². The second kappa shape index (κ2) is 5.58. The molecule has 0 saturated heterocycles. The Kier molecular flexibility index (Phi) is 3.67. The maximum absolute atomic E-state index is 11.4. The van der Waals surface area contributed by atoms with Crippen LogP contribution in [0.25, 0.3) is 0 Å². The van der Waals surface area contributed by atoms with E-state index in [1.54, 1.807) is 6.07 Å². The molecule has 0 aliphatic heterocycles. The first kappa shape index (κ1) is 12.5. The minimum Gasteiger partial charge on any atom is -0.472 e. The highest BCUT2D eigenvalue weighted by molar-refractivity contribution is 5.81. The van der Waals surface area contributed by atoms with Gasteiger partial charge in [-0.3, -0.25) is 4.79 Å². The minimum atomic E-state index is -0.633. The fraction of sp³-hybridized carbons (Fsp3) is 0.100. The molecule has 2 rings (SSSR count). The molecule has 0 fully saturated rings. The van der Waals surface area contributed by atoms with Gasteiger partial charge in [0.25, 0.3) is 5.91 Å². The van der Waals surface area contributed by atoms with Crippen molar-refractivity contribution in [3.8, 4) is 0 Å². The first-order valence-electron chi connectivity index (χ1n) is 5.17. The molecule has 1 N–H and O–H groups in total. The third-order valence-corrected chi connectivity index (χ3v) is 2.07. The molecule has 2 aromatic rings. The number of rotatable bonds is 5. The van der Waals surface area contributed by atoms with Crippen molar-refractivity contribution in [2.24, 2.45) is 5.10 Å². The molecule has 0 bridgehead atoms. The van der Waals surface area contributed by atoms with Gasteiger partial charge in [0.05, 0.1) is 36.1 Å². The Labute approximate surface area is 106 Å². The predicted molar refractivity (Wildman–Crippen MR) is 63.3 cm³/mol. The Morgan fingerprint density at radius 1 is 1.63 bits per heavy atom. The van der Waals surface area contributed by atoms with Crippen molar-refractivity contribution < 1.29 is 14.1 Å². The highest BCUT2D eigenvalue weighted by Gasteiger charge is 2.12. The van der Waals surface area contributed by atoms with E-state index in [9.17, 15) is 14.9 Å². The first-order valence-corrected chi connectivity index (χ1v) is 5.17. The third kappa shape index (κ3) is 3.49. The summed E-state index contributed by atoms with van der Waals surface area (Å²) >= 11 is 0. The number of nitrogens with zero attached hydrogens (tertiary/aromatic N) is 4. The van der Waals surface area contributed by atoms with E-state index >= 15 is 0 Å². The normalized spacial score (nSPS) is 10.7. The Balaban J connectivity index is 1.85. The van der Waals surface area contributed by atoms with Crippen LogP contribution in [0, 0.1) is 10.1 Å². The highest BCUT2D eigenvalue weighted by Crippen LogP contribution is 2.04. The van der Waals surface area contributed by atoms with Gasteiger partial charge in [-0.15, -0.1) is 0 Å². The van der Waals surface area contributed by atoms with E-state index in [0.717, 1.165) is 4.68 Å². The number of nitro groups is 1. The summed E-state index contributed by atoms with van der Waals surface area (Å²) < 4.78 is 5.96. The number of nitrogens with one attached hydrogen (secondary N) is 1. The maximum Gasteiger partial charge on any atom is 0.389 e.